The number of hydrogen-bond donors (Lipinski definition) is 1. The Morgan fingerprint density at radius 2 is 2.00 bits per heavy atom. The van der Waals surface area contributed by atoms with Gasteiger partial charge in [-0.05, 0) is 40.8 Å². The maximum absolute atomic E-state index is 5.88. The number of benzene rings is 1. The van der Waals surface area contributed by atoms with E-state index in [0.29, 0.717) is 5.69 Å². The fraction of sp³-hybridized carbons (Fsp3) is 0.538. The van der Waals surface area contributed by atoms with Crippen LogP contribution in [0.5, 0.6) is 5.75 Å². The molecule has 1 aromatic rings. The average molecular weight is 299 g/mol. The Morgan fingerprint density at radius 1 is 1.35 bits per heavy atom. The van der Waals surface area contributed by atoms with E-state index in [1.54, 1.807) is 7.11 Å². The Balaban J connectivity index is 2.25. The van der Waals surface area contributed by atoms with Crippen LogP contribution in [0.25, 0.3) is 0 Å². The summed E-state index contributed by atoms with van der Waals surface area (Å²) < 4.78 is 6.33. The SMILES string of the molecule is COc1cc(N2CCC(C)CC2)c(Br)cc1N. The van der Waals surface area contributed by atoms with Gasteiger partial charge in [-0.25, -0.2) is 0 Å². The normalized spacial score (nSPS) is 17.2. The summed E-state index contributed by atoms with van der Waals surface area (Å²) in [7, 11) is 1.65. The summed E-state index contributed by atoms with van der Waals surface area (Å²) in [5.41, 5.74) is 7.74. The number of halogens is 1. The van der Waals surface area contributed by atoms with Gasteiger partial charge < -0.3 is 15.4 Å². The molecule has 1 saturated heterocycles. The molecular formula is C13H19BrN2O. The molecule has 1 aliphatic rings. The number of nitrogens with two attached hydrogens (primary N) is 1. The van der Waals surface area contributed by atoms with Crippen molar-refractivity contribution in [1.82, 2.24) is 0 Å². The molecule has 0 spiro atoms. The van der Waals surface area contributed by atoms with Crippen LogP contribution in [0, 0.1) is 5.92 Å². The predicted molar refractivity (Wildman–Crippen MR) is 75.7 cm³/mol. The zero-order chi connectivity index (χ0) is 12.4. The van der Waals surface area contributed by atoms with E-state index in [4.69, 9.17) is 10.5 Å². The molecule has 1 heterocycles. The van der Waals surface area contributed by atoms with Crippen molar-refractivity contribution in [2.24, 2.45) is 5.92 Å². The van der Waals surface area contributed by atoms with Gasteiger partial charge in [-0.3, -0.25) is 0 Å². The smallest absolute Gasteiger partial charge is 0.143 e. The van der Waals surface area contributed by atoms with Crippen molar-refractivity contribution in [1.29, 1.82) is 0 Å². The van der Waals surface area contributed by atoms with E-state index in [9.17, 15) is 0 Å². The van der Waals surface area contributed by atoms with Crippen molar-refractivity contribution in [2.45, 2.75) is 19.8 Å². The van der Waals surface area contributed by atoms with Gasteiger partial charge in [-0.15, -0.1) is 0 Å². The first kappa shape index (κ1) is 12.6. The Labute approximate surface area is 111 Å². The van der Waals surface area contributed by atoms with E-state index >= 15 is 0 Å². The van der Waals surface area contributed by atoms with Crippen LogP contribution in [0.1, 0.15) is 19.8 Å². The molecule has 0 amide bonds. The summed E-state index contributed by atoms with van der Waals surface area (Å²) in [6.07, 6.45) is 2.50. The third-order valence-electron chi connectivity index (χ3n) is 3.42. The molecule has 0 radical (unpaired) electrons. The fourth-order valence-corrected chi connectivity index (χ4v) is 2.84. The molecule has 4 heteroatoms. The van der Waals surface area contributed by atoms with Crippen LogP contribution in [0.2, 0.25) is 0 Å². The van der Waals surface area contributed by atoms with E-state index in [0.717, 1.165) is 29.2 Å². The first-order chi connectivity index (χ1) is 8.11. The topological polar surface area (TPSA) is 38.5 Å². The molecule has 1 fully saturated rings. The highest BCUT2D eigenvalue weighted by Crippen LogP contribution is 2.36. The Hall–Kier alpha value is -0.900. The summed E-state index contributed by atoms with van der Waals surface area (Å²) in [6.45, 7) is 4.52. The van der Waals surface area contributed by atoms with E-state index in [-0.39, 0.29) is 0 Å². The second-order valence-corrected chi connectivity index (χ2v) is 5.57. The minimum atomic E-state index is 0.675. The lowest BCUT2D eigenvalue weighted by molar-refractivity contribution is 0.415. The molecule has 0 saturated carbocycles. The Bertz CT molecular complexity index is 401. The lowest BCUT2D eigenvalue weighted by atomic mass is 9.99. The lowest BCUT2D eigenvalue weighted by Gasteiger charge is -2.33. The third-order valence-corrected chi connectivity index (χ3v) is 4.06. The van der Waals surface area contributed by atoms with Crippen LogP contribution in [0.4, 0.5) is 11.4 Å². The van der Waals surface area contributed by atoms with Gasteiger partial charge in [-0.1, -0.05) is 6.92 Å². The minimum absolute atomic E-state index is 0.675. The number of piperidine rings is 1. The molecule has 2 N–H and O–H groups in total. The maximum atomic E-state index is 5.88. The first-order valence-electron chi connectivity index (χ1n) is 5.99. The van der Waals surface area contributed by atoms with Gasteiger partial charge in [0.25, 0.3) is 0 Å². The number of methoxy groups -OCH3 is 1. The zero-order valence-electron chi connectivity index (χ0n) is 10.4. The molecule has 0 aromatic heterocycles. The minimum Gasteiger partial charge on any atom is -0.495 e. The molecule has 1 aliphatic heterocycles. The number of hydrogen-bond acceptors (Lipinski definition) is 3. The van der Waals surface area contributed by atoms with Gasteiger partial charge in [0.15, 0.2) is 0 Å². The predicted octanol–water partition coefficient (Wildman–Crippen LogP) is 3.28. The second kappa shape index (κ2) is 5.17. The number of rotatable bonds is 2. The second-order valence-electron chi connectivity index (χ2n) is 4.72. The van der Waals surface area contributed by atoms with Gasteiger partial charge in [0.2, 0.25) is 0 Å². The van der Waals surface area contributed by atoms with E-state index in [1.807, 2.05) is 12.1 Å². The lowest BCUT2D eigenvalue weighted by Crippen LogP contribution is -2.33. The summed E-state index contributed by atoms with van der Waals surface area (Å²) in [5, 5.41) is 0. The highest BCUT2D eigenvalue weighted by molar-refractivity contribution is 9.10. The molecule has 1 aromatic carbocycles. The van der Waals surface area contributed by atoms with Gasteiger partial charge >= 0.3 is 0 Å². The fourth-order valence-electron chi connectivity index (χ4n) is 2.23. The standard InChI is InChI=1S/C13H19BrN2O/c1-9-3-5-16(6-4-9)12-8-13(17-2)11(15)7-10(12)14/h7-9H,3-6,15H2,1-2H3. The molecule has 94 valence electrons. The van der Waals surface area contributed by atoms with Crippen molar-refractivity contribution in [3.8, 4) is 5.75 Å². The molecule has 17 heavy (non-hydrogen) atoms. The van der Waals surface area contributed by atoms with Crippen LogP contribution in [-0.4, -0.2) is 20.2 Å². The van der Waals surface area contributed by atoms with E-state index in [2.05, 4.69) is 27.8 Å². The summed E-state index contributed by atoms with van der Waals surface area (Å²) in [5.74, 6) is 1.59. The molecule has 0 aliphatic carbocycles. The van der Waals surface area contributed by atoms with Crippen molar-refractivity contribution in [3.05, 3.63) is 16.6 Å². The van der Waals surface area contributed by atoms with Crippen molar-refractivity contribution >= 4 is 27.3 Å². The van der Waals surface area contributed by atoms with Crippen LogP contribution in [-0.2, 0) is 0 Å². The van der Waals surface area contributed by atoms with Crippen molar-refractivity contribution in [3.63, 3.8) is 0 Å². The summed E-state index contributed by atoms with van der Waals surface area (Å²) in [4.78, 5) is 2.39. The molecule has 0 unspecified atom stereocenters. The molecule has 3 nitrogen and oxygen atoms in total. The largest absolute Gasteiger partial charge is 0.495 e. The Morgan fingerprint density at radius 3 is 2.59 bits per heavy atom. The molecule has 0 bridgehead atoms. The highest BCUT2D eigenvalue weighted by Gasteiger charge is 2.19. The quantitative estimate of drug-likeness (QED) is 0.852. The molecule has 0 atom stereocenters. The number of nitrogen functional groups attached to an aromatic ring is 1. The van der Waals surface area contributed by atoms with Crippen LogP contribution < -0.4 is 15.4 Å². The summed E-state index contributed by atoms with van der Waals surface area (Å²) >= 11 is 3.58. The number of nitrogens with zero attached hydrogens (tertiary/aromatic N) is 1. The summed E-state index contributed by atoms with van der Waals surface area (Å²) in [6, 6.07) is 3.95. The highest BCUT2D eigenvalue weighted by atomic mass is 79.9. The van der Waals surface area contributed by atoms with E-state index < -0.39 is 0 Å². The average Bonchev–Trinajstić information content (AvgIpc) is 2.31. The van der Waals surface area contributed by atoms with Crippen LogP contribution >= 0.6 is 15.9 Å². The van der Waals surface area contributed by atoms with Gasteiger partial charge in [-0.2, -0.15) is 0 Å². The molecular weight excluding hydrogens is 280 g/mol. The van der Waals surface area contributed by atoms with Crippen LogP contribution in [0.15, 0.2) is 16.6 Å². The van der Waals surface area contributed by atoms with E-state index in [1.165, 1.54) is 18.5 Å². The third kappa shape index (κ3) is 2.68. The Kier molecular flexibility index (Phi) is 3.82. The van der Waals surface area contributed by atoms with Gasteiger partial charge in [0, 0.05) is 23.6 Å². The molecule has 2 rings (SSSR count). The van der Waals surface area contributed by atoms with Gasteiger partial charge in [0.05, 0.1) is 18.5 Å². The maximum Gasteiger partial charge on any atom is 0.143 e. The number of anilines is 2. The van der Waals surface area contributed by atoms with Gasteiger partial charge in [0.1, 0.15) is 5.75 Å². The van der Waals surface area contributed by atoms with Crippen LogP contribution in [0.3, 0.4) is 0 Å². The van der Waals surface area contributed by atoms with Crippen molar-refractivity contribution < 1.29 is 4.74 Å². The zero-order valence-corrected chi connectivity index (χ0v) is 12.0. The van der Waals surface area contributed by atoms with Crippen molar-refractivity contribution in [2.75, 3.05) is 30.8 Å². The number of ether oxygens (including phenoxy) is 1. The monoisotopic (exact) mass is 298 g/mol. The first-order valence-corrected chi connectivity index (χ1v) is 6.79.